The molecular formula is C29H36O9. The molecule has 0 aromatic rings. The molecule has 9 heteroatoms. The predicted octanol–water partition coefficient (Wildman–Crippen LogP) is 2.33. The van der Waals surface area contributed by atoms with Crippen LogP contribution >= 0.6 is 0 Å². The average Bonchev–Trinajstić information content (AvgIpc) is 3.00. The molecule has 7 rings (SSSR count). The van der Waals surface area contributed by atoms with Gasteiger partial charge in [-0.25, -0.2) is 4.79 Å². The lowest BCUT2D eigenvalue weighted by atomic mass is 9.69. The van der Waals surface area contributed by atoms with Gasteiger partial charge in [0.05, 0.1) is 29.6 Å². The highest BCUT2D eigenvalue weighted by molar-refractivity contribution is 5.93. The Hall–Kier alpha value is -2.07. The fourth-order valence-corrected chi connectivity index (χ4v) is 9.72. The van der Waals surface area contributed by atoms with E-state index >= 15 is 0 Å². The maximum Gasteiger partial charge on any atom is 0.339 e. The van der Waals surface area contributed by atoms with Crippen LogP contribution in [0.5, 0.6) is 0 Å². The van der Waals surface area contributed by atoms with Crippen molar-refractivity contribution in [1.82, 2.24) is 0 Å². The molecule has 0 radical (unpaired) electrons. The van der Waals surface area contributed by atoms with Gasteiger partial charge in [0.25, 0.3) is 0 Å². The fourth-order valence-electron chi connectivity index (χ4n) is 9.72. The number of hydrogen-bond donors (Lipinski definition) is 2. The van der Waals surface area contributed by atoms with Gasteiger partial charge < -0.3 is 29.2 Å². The Balaban J connectivity index is 1.25. The summed E-state index contributed by atoms with van der Waals surface area (Å²) in [6, 6.07) is 0. The molecule has 206 valence electrons. The summed E-state index contributed by atoms with van der Waals surface area (Å²) in [6.45, 7) is 9.67. The number of cyclic esters (lactones) is 1. The van der Waals surface area contributed by atoms with Crippen LogP contribution in [0.3, 0.4) is 0 Å². The number of allylic oxidation sites excluding steroid dienone is 2. The van der Waals surface area contributed by atoms with Gasteiger partial charge in [-0.3, -0.25) is 9.59 Å². The predicted molar refractivity (Wildman–Crippen MR) is 130 cm³/mol. The molecule has 2 bridgehead atoms. The van der Waals surface area contributed by atoms with Crippen molar-refractivity contribution in [1.29, 1.82) is 0 Å². The van der Waals surface area contributed by atoms with Gasteiger partial charge in [0.2, 0.25) is 11.6 Å². The molecule has 9 nitrogen and oxygen atoms in total. The third kappa shape index (κ3) is 2.89. The Labute approximate surface area is 221 Å². The zero-order chi connectivity index (χ0) is 27.2. The van der Waals surface area contributed by atoms with Crippen LogP contribution in [0, 0.1) is 35.0 Å². The molecule has 0 amide bonds. The summed E-state index contributed by atoms with van der Waals surface area (Å²) < 4.78 is 24.3. The summed E-state index contributed by atoms with van der Waals surface area (Å²) in [7, 11) is 0. The van der Waals surface area contributed by atoms with Gasteiger partial charge in [-0.05, 0) is 69.4 Å². The Kier molecular flexibility index (Phi) is 4.70. The van der Waals surface area contributed by atoms with E-state index in [0.29, 0.717) is 24.2 Å². The molecular weight excluding hydrogens is 492 g/mol. The first-order valence-electron chi connectivity index (χ1n) is 13.8. The minimum atomic E-state index is -2.05. The van der Waals surface area contributed by atoms with Gasteiger partial charge in [-0.2, -0.15) is 0 Å². The van der Waals surface area contributed by atoms with Crippen LogP contribution in [0.25, 0.3) is 0 Å². The monoisotopic (exact) mass is 528 g/mol. The molecule has 2 aliphatic carbocycles. The summed E-state index contributed by atoms with van der Waals surface area (Å²) in [4.78, 5) is 38.4. The summed E-state index contributed by atoms with van der Waals surface area (Å²) >= 11 is 0. The summed E-state index contributed by atoms with van der Waals surface area (Å²) in [6.07, 6.45) is 3.73. The Bertz CT molecular complexity index is 1230. The summed E-state index contributed by atoms with van der Waals surface area (Å²) in [5.74, 6) is -4.61. The second kappa shape index (κ2) is 7.16. The SMILES string of the molecule is CC1=C/C(=C\[C@H](C)[C@H]2[C@@H]3[C@@]2(C)CC[C@@]24C[C@@]56OC(=O)C[C@@H]5OC(C)(C)[C@H]6C[C@@H](O)[C@@H]2C(=O)[C@]3(O)O4)OC1=O. The lowest BCUT2D eigenvalue weighted by Gasteiger charge is -2.41. The van der Waals surface area contributed by atoms with Crippen molar-refractivity contribution < 1.29 is 43.5 Å². The van der Waals surface area contributed by atoms with Gasteiger partial charge in [-0.1, -0.05) is 13.8 Å². The number of hydrogen-bond acceptors (Lipinski definition) is 9. The Morgan fingerprint density at radius 1 is 1.16 bits per heavy atom. The van der Waals surface area contributed by atoms with Gasteiger partial charge >= 0.3 is 11.9 Å². The first-order valence-corrected chi connectivity index (χ1v) is 13.8. The lowest BCUT2D eigenvalue weighted by molar-refractivity contribution is -0.244. The minimum Gasteiger partial charge on any atom is -0.456 e. The molecule has 0 unspecified atom stereocenters. The van der Waals surface area contributed by atoms with Crippen molar-refractivity contribution in [3.8, 4) is 0 Å². The highest BCUT2D eigenvalue weighted by Gasteiger charge is 2.83. The number of rotatable bonds is 2. The topological polar surface area (TPSA) is 129 Å². The number of carbonyl (C=O) groups excluding carboxylic acids is 3. The molecule has 38 heavy (non-hydrogen) atoms. The number of aliphatic hydroxyl groups is 2. The highest BCUT2D eigenvalue weighted by Crippen LogP contribution is 2.75. The molecule has 2 N–H and O–H groups in total. The number of ether oxygens (including phenoxy) is 4. The van der Waals surface area contributed by atoms with Crippen molar-refractivity contribution >= 4 is 17.7 Å². The number of carbonyl (C=O) groups is 3. The van der Waals surface area contributed by atoms with Crippen LogP contribution in [0.1, 0.15) is 66.7 Å². The molecule has 0 aromatic carbocycles. The lowest BCUT2D eigenvalue weighted by Crippen LogP contribution is -2.51. The molecule has 5 aliphatic heterocycles. The normalized spacial score (nSPS) is 53.7. The zero-order valence-corrected chi connectivity index (χ0v) is 22.5. The second-order valence-corrected chi connectivity index (χ2v) is 13.7. The molecule has 5 heterocycles. The third-order valence-electron chi connectivity index (χ3n) is 11.2. The van der Waals surface area contributed by atoms with Crippen molar-refractivity contribution in [3.63, 3.8) is 0 Å². The van der Waals surface area contributed by atoms with E-state index in [9.17, 15) is 24.6 Å². The van der Waals surface area contributed by atoms with Crippen molar-refractivity contribution in [2.24, 2.45) is 35.0 Å². The van der Waals surface area contributed by atoms with Gasteiger partial charge in [0, 0.05) is 23.8 Å². The van der Waals surface area contributed by atoms with Gasteiger partial charge in [0.15, 0.2) is 0 Å². The van der Waals surface area contributed by atoms with Crippen molar-refractivity contribution in [2.75, 3.05) is 0 Å². The maximum atomic E-state index is 14.1. The van der Waals surface area contributed by atoms with Crippen LogP contribution in [0.15, 0.2) is 23.5 Å². The van der Waals surface area contributed by atoms with E-state index in [1.807, 2.05) is 26.8 Å². The van der Waals surface area contributed by atoms with Gasteiger partial charge in [0.1, 0.15) is 17.5 Å². The smallest absolute Gasteiger partial charge is 0.339 e. The molecule has 0 aromatic heterocycles. The fraction of sp³-hybridized carbons (Fsp3) is 0.759. The second-order valence-electron chi connectivity index (χ2n) is 13.7. The van der Waals surface area contributed by atoms with Crippen LogP contribution < -0.4 is 0 Å². The number of Topliss-reactive ketones (excluding diaryl/α,β-unsaturated/α-hetero) is 1. The quantitative estimate of drug-likeness (QED) is 0.519. The number of fused-ring (bicyclic) bond motifs is 3. The summed E-state index contributed by atoms with van der Waals surface area (Å²) in [5.41, 5.74) is -2.67. The van der Waals surface area contributed by atoms with Crippen LogP contribution in [-0.2, 0) is 33.3 Å². The van der Waals surface area contributed by atoms with E-state index < -0.39 is 52.4 Å². The van der Waals surface area contributed by atoms with Crippen LogP contribution in [-0.4, -0.2) is 62.7 Å². The third-order valence-corrected chi connectivity index (χ3v) is 11.2. The molecule has 7 aliphatic rings. The van der Waals surface area contributed by atoms with E-state index in [1.165, 1.54) is 0 Å². The Morgan fingerprint density at radius 2 is 1.89 bits per heavy atom. The minimum absolute atomic E-state index is 0.0782. The van der Waals surface area contributed by atoms with Crippen molar-refractivity contribution in [3.05, 3.63) is 23.5 Å². The summed E-state index contributed by atoms with van der Waals surface area (Å²) in [5, 5.41) is 23.6. The number of ketones is 1. The Morgan fingerprint density at radius 3 is 2.58 bits per heavy atom. The molecule has 4 saturated heterocycles. The molecule has 2 spiro atoms. The molecule has 2 saturated carbocycles. The number of aliphatic hydroxyl groups excluding tert-OH is 1. The van der Waals surface area contributed by atoms with Crippen LogP contribution in [0.4, 0.5) is 0 Å². The molecule has 6 fully saturated rings. The van der Waals surface area contributed by atoms with E-state index in [1.54, 1.807) is 13.0 Å². The van der Waals surface area contributed by atoms with E-state index in [0.717, 1.165) is 0 Å². The number of esters is 2. The molecule has 11 atom stereocenters. The van der Waals surface area contributed by atoms with E-state index in [-0.39, 0.29) is 54.4 Å². The first kappa shape index (κ1) is 24.9. The maximum absolute atomic E-state index is 14.1. The standard InChI is InChI=1S/C29H36O9/c1-13(8-15-9-14(2)24(33)35-15)20-22-26(20,5)6-7-27-12-28-17(25(3,4)36-18(28)11-19(31)37-28)10-16(30)21(27)23(32)29(22,34)38-27/h8-9,13,16-18,20-22,30,34H,6-7,10-12H2,1-5H3/b15-8+/t13-,16+,17+,18-,20-,21+,22+,26-,27+,28-,29+/m0/s1. The van der Waals surface area contributed by atoms with Gasteiger partial charge in [-0.15, -0.1) is 0 Å². The van der Waals surface area contributed by atoms with E-state index in [2.05, 4.69) is 6.92 Å². The highest BCUT2D eigenvalue weighted by atomic mass is 16.7. The van der Waals surface area contributed by atoms with Crippen molar-refractivity contribution in [2.45, 2.75) is 102 Å². The van der Waals surface area contributed by atoms with E-state index in [4.69, 9.17) is 18.9 Å². The largest absolute Gasteiger partial charge is 0.456 e. The first-order chi connectivity index (χ1) is 17.7. The average molecular weight is 529 g/mol. The van der Waals surface area contributed by atoms with Crippen LogP contribution in [0.2, 0.25) is 0 Å². The zero-order valence-electron chi connectivity index (χ0n) is 22.5.